The van der Waals surface area contributed by atoms with E-state index in [-0.39, 0.29) is 18.1 Å². The average molecular weight is 323 g/mol. The predicted molar refractivity (Wildman–Crippen MR) is 89.9 cm³/mol. The van der Waals surface area contributed by atoms with Gasteiger partial charge in [0.05, 0.1) is 22.9 Å². The fourth-order valence-corrected chi connectivity index (χ4v) is 3.21. The number of aryl methyl sites for hydroxylation is 1. The number of amides is 1. The highest BCUT2D eigenvalue weighted by Gasteiger charge is 2.25. The zero-order valence-electron chi connectivity index (χ0n) is 13.7. The zero-order chi connectivity index (χ0) is 16.1. The van der Waals surface area contributed by atoms with Crippen LogP contribution in [0.4, 0.5) is 0 Å². The van der Waals surface area contributed by atoms with E-state index in [2.05, 4.69) is 36.0 Å². The summed E-state index contributed by atoms with van der Waals surface area (Å²) in [5.74, 6) is -0.0770. The van der Waals surface area contributed by atoms with Gasteiger partial charge in [-0.05, 0) is 33.8 Å². The summed E-state index contributed by atoms with van der Waals surface area (Å²) in [5.41, 5.74) is 0.835. The van der Waals surface area contributed by atoms with Gasteiger partial charge in [-0.25, -0.2) is 4.98 Å². The van der Waals surface area contributed by atoms with Gasteiger partial charge in [-0.3, -0.25) is 9.69 Å². The van der Waals surface area contributed by atoms with Crippen LogP contribution in [-0.2, 0) is 9.53 Å². The van der Waals surface area contributed by atoms with Gasteiger partial charge in [0.2, 0.25) is 5.91 Å². The minimum Gasteiger partial charge on any atom is -0.373 e. The molecule has 1 aliphatic rings. The first-order chi connectivity index (χ1) is 10.4. The highest BCUT2D eigenvalue weighted by atomic mass is 32.1. The van der Waals surface area contributed by atoms with Crippen LogP contribution in [0.1, 0.15) is 31.5 Å². The second-order valence-electron chi connectivity index (χ2n) is 5.93. The Balaban J connectivity index is 1.76. The Morgan fingerprint density at radius 3 is 2.82 bits per heavy atom. The topological polar surface area (TPSA) is 54.5 Å². The molecule has 6 heteroatoms. The molecule has 2 rings (SSSR count). The summed E-state index contributed by atoms with van der Waals surface area (Å²) < 4.78 is 5.74. The van der Waals surface area contributed by atoms with Crippen LogP contribution in [0.2, 0.25) is 0 Å². The molecule has 22 heavy (non-hydrogen) atoms. The number of morpholine rings is 1. The Morgan fingerprint density at radius 1 is 1.55 bits per heavy atom. The molecule has 2 heterocycles. The lowest BCUT2D eigenvalue weighted by Crippen LogP contribution is -2.52. The minimum atomic E-state index is -0.0770. The van der Waals surface area contributed by atoms with Gasteiger partial charge in [0, 0.05) is 37.1 Å². The monoisotopic (exact) mass is 323 g/mol. The molecule has 1 saturated heterocycles. The number of aromatic nitrogens is 1. The van der Waals surface area contributed by atoms with Crippen LogP contribution >= 0.6 is 11.3 Å². The Kier molecular flexibility index (Phi) is 6.11. The number of nitrogens with zero attached hydrogens (tertiary/aromatic N) is 2. The first-order valence-electron chi connectivity index (χ1n) is 7.71. The smallest absolute Gasteiger partial charge is 0.244 e. The van der Waals surface area contributed by atoms with Crippen LogP contribution in [0.25, 0.3) is 6.08 Å². The van der Waals surface area contributed by atoms with Crippen LogP contribution in [0, 0.1) is 6.92 Å². The molecule has 0 radical (unpaired) electrons. The van der Waals surface area contributed by atoms with E-state index in [9.17, 15) is 4.79 Å². The van der Waals surface area contributed by atoms with Crippen molar-refractivity contribution in [1.29, 1.82) is 0 Å². The molecule has 1 aromatic rings. The third-order valence-corrected chi connectivity index (χ3v) is 4.48. The van der Waals surface area contributed by atoms with Crippen molar-refractivity contribution in [3.8, 4) is 0 Å². The SMILES string of the molecule is Cc1nc(/C=C/C(=O)NC[C@H](C)N2C[C@@H](C)O[C@@H](C)C2)cs1. The van der Waals surface area contributed by atoms with Crippen molar-refractivity contribution in [2.24, 2.45) is 0 Å². The summed E-state index contributed by atoms with van der Waals surface area (Å²) in [7, 11) is 0. The van der Waals surface area contributed by atoms with Crippen LogP contribution in [0.15, 0.2) is 11.5 Å². The van der Waals surface area contributed by atoms with E-state index >= 15 is 0 Å². The molecule has 1 aromatic heterocycles. The summed E-state index contributed by atoms with van der Waals surface area (Å²) >= 11 is 1.58. The molecule has 1 aliphatic heterocycles. The number of ether oxygens (including phenoxy) is 1. The second-order valence-corrected chi connectivity index (χ2v) is 6.99. The van der Waals surface area contributed by atoms with E-state index in [1.807, 2.05) is 12.3 Å². The molecular formula is C16H25N3O2S. The van der Waals surface area contributed by atoms with Crippen molar-refractivity contribution in [3.05, 3.63) is 22.2 Å². The van der Waals surface area contributed by atoms with Crippen molar-refractivity contribution in [2.75, 3.05) is 19.6 Å². The summed E-state index contributed by atoms with van der Waals surface area (Å²) in [6, 6.07) is 0.299. The van der Waals surface area contributed by atoms with E-state index in [4.69, 9.17) is 4.74 Å². The van der Waals surface area contributed by atoms with Gasteiger partial charge in [0.1, 0.15) is 0 Å². The quantitative estimate of drug-likeness (QED) is 0.843. The number of rotatable bonds is 5. The summed E-state index contributed by atoms with van der Waals surface area (Å²) in [6.07, 6.45) is 3.79. The third-order valence-electron chi connectivity index (χ3n) is 3.69. The van der Waals surface area contributed by atoms with Crippen molar-refractivity contribution in [3.63, 3.8) is 0 Å². The Hall–Kier alpha value is -1.24. The van der Waals surface area contributed by atoms with Gasteiger partial charge in [0.25, 0.3) is 0 Å². The van der Waals surface area contributed by atoms with Gasteiger partial charge >= 0.3 is 0 Å². The molecule has 0 spiro atoms. The molecular weight excluding hydrogens is 298 g/mol. The predicted octanol–water partition coefficient (Wildman–Crippen LogP) is 2.08. The lowest BCUT2D eigenvalue weighted by Gasteiger charge is -2.38. The number of carbonyl (C=O) groups excluding carboxylic acids is 1. The largest absolute Gasteiger partial charge is 0.373 e. The number of carbonyl (C=O) groups is 1. The lowest BCUT2D eigenvalue weighted by atomic mass is 10.1. The minimum absolute atomic E-state index is 0.0770. The van der Waals surface area contributed by atoms with Crippen LogP contribution in [0.5, 0.6) is 0 Å². The summed E-state index contributed by atoms with van der Waals surface area (Å²) in [6.45, 7) is 10.7. The first-order valence-corrected chi connectivity index (χ1v) is 8.59. The molecule has 122 valence electrons. The maximum atomic E-state index is 11.9. The first kappa shape index (κ1) is 17.1. The molecule has 0 saturated carbocycles. The van der Waals surface area contributed by atoms with Crippen molar-refractivity contribution in [1.82, 2.24) is 15.2 Å². The van der Waals surface area contributed by atoms with Gasteiger partial charge < -0.3 is 10.1 Å². The van der Waals surface area contributed by atoms with E-state index in [0.717, 1.165) is 23.8 Å². The van der Waals surface area contributed by atoms with Gasteiger partial charge in [-0.2, -0.15) is 0 Å². The molecule has 1 fully saturated rings. The van der Waals surface area contributed by atoms with E-state index < -0.39 is 0 Å². The van der Waals surface area contributed by atoms with Gasteiger partial charge in [0.15, 0.2) is 0 Å². The fourth-order valence-electron chi connectivity index (χ4n) is 2.63. The summed E-state index contributed by atoms with van der Waals surface area (Å²) in [4.78, 5) is 18.5. The summed E-state index contributed by atoms with van der Waals surface area (Å²) in [5, 5.41) is 5.90. The van der Waals surface area contributed by atoms with Crippen molar-refractivity contribution >= 4 is 23.3 Å². The molecule has 0 bridgehead atoms. The highest BCUT2D eigenvalue weighted by molar-refractivity contribution is 7.09. The molecule has 0 unspecified atom stereocenters. The Morgan fingerprint density at radius 2 is 2.23 bits per heavy atom. The number of hydrogen-bond donors (Lipinski definition) is 1. The van der Waals surface area contributed by atoms with Crippen molar-refractivity contribution in [2.45, 2.75) is 45.9 Å². The Bertz CT molecular complexity index is 519. The second kappa shape index (κ2) is 7.85. The highest BCUT2D eigenvalue weighted by Crippen LogP contribution is 2.13. The number of nitrogens with one attached hydrogen (secondary N) is 1. The lowest BCUT2D eigenvalue weighted by molar-refractivity contribution is -0.117. The van der Waals surface area contributed by atoms with Crippen molar-refractivity contribution < 1.29 is 9.53 Å². The molecule has 3 atom stereocenters. The maximum Gasteiger partial charge on any atom is 0.244 e. The Labute approximate surface area is 136 Å². The van der Waals surface area contributed by atoms with Crippen LogP contribution in [-0.4, -0.2) is 53.7 Å². The number of hydrogen-bond acceptors (Lipinski definition) is 5. The molecule has 0 aliphatic carbocycles. The maximum absolute atomic E-state index is 11.9. The fraction of sp³-hybridized carbons (Fsp3) is 0.625. The van der Waals surface area contributed by atoms with E-state index in [1.54, 1.807) is 23.5 Å². The van der Waals surface area contributed by atoms with E-state index in [1.165, 1.54) is 0 Å². The van der Waals surface area contributed by atoms with Gasteiger partial charge in [-0.15, -0.1) is 11.3 Å². The average Bonchev–Trinajstić information content (AvgIpc) is 2.87. The molecule has 0 aromatic carbocycles. The normalized spacial score (nSPS) is 24.5. The van der Waals surface area contributed by atoms with Crippen LogP contribution < -0.4 is 5.32 Å². The molecule has 5 nitrogen and oxygen atoms in total. The molecule has 1 N–H and O–H groups in total. The number of thiazole rings is 1. The standard InChI is InChI=1S/C16H25N3O2S/c1-11(19-8-12(2)21-13(3)9-19)7-17-16(20)6-5-15-10-22-14(4)18-15/h5-6,10-13H,7-9H2,1-4H3,(H,17,20)/b6-5+/t11-,12-,13+/m0/s1. The van der Waals surface area contributed by atoms with Crippen LogP contribution in [0.3, 0.4) is 0 Å². The zero-order valence-corrected chi connectivity index (χ0v) is 14.5. The molecule has 1 amide bonds. The van der Waals surface area contributed by atoms with E-state index in [0.29, 0.717) is 12.6 Å². The van der Waals surface area contributed by atoms with Gasteiger partial charge in [-0.1, -0.05) is 0 Å². The third kappa shape index (κ3) is 5.19.